The van der Waals surface area contributed by atoms with Gasteiger partial charge in [0, 0.05) is 19.6 Å². The summed E-state index contributed by atoms with van der Waals surface area (Å²) in [5.41, 5.74) is 0.881. The maximum absolute atomic E-state index is 13.5. The minimum absolute atomic E-state index is 0.0303. The Morgan fingerprint density at radius 3 is 2.58 bits per heavy atom. The van der Waals surface area contributed by atoms with E-state index in [2.05, 4.69) is 25.9 Å². The van der Waals surface area contributed by atoms with Crippen LogP contribution in [0.1, 0.15) is 34.6 Å². The SMILES string of the molecule is CCNC(=NCc1nc(C)c(C)o1)NCCNC(=O)c1ccccc1F. The summed E-state index contributed by atoms with van der Waals surface area (Å²) in [7, 11) is 0. The number of oxazole rings is 1. The molecular weight excluding hydrogens is 337 g/mol. The lowest BCUT2D eigenvalue weighted by atomic mass is 10.2. The summed E-state index contributed by atoms with van der Waals surface area (Å²) in [6.07, 6.45) is 0. The quantitative estimate of drug-likeness (QED) is 0.398. The first-order chi connectivity index (χ1) is 12.5. The molecule has 3 N–H and O–H groups in total. The van der Waals surface area contributed by atoms with Crippen LogP contribution in [0.5, 0.6) is 0 Å². The lowest BCUT2D eigenvalue weighted by molar-refractivity contribution is 0.0950. The Balaban J connectivity index is 1.81. The minimum Gasteiger partial charge on any atom is -0.444 e. The molecule has 1 amide bonds. The molecule has 140 valence electrons. The second-order valence-corrected chi connectivity index (χ2v) is 5.61. The Bertz CT molecular complexity index is 753. The number of halogens is 1. The van der Waals surface area contributed by atoms with E-state index < -0.39 is 11.7 Å². The smallest absolute Gasteiger partial charge is 0.254 e. The predicted molar refractivity (Wildman–Crippen MR) is 97.5 cm³/mol. The molecule has 0 atom stereocenters. The van der Waals surface area contributed by atoms with Gasteiger partial charge in [-0.1, -0.05) is 12.1 Å². The number of nitrogens with zero attached hydrogens (tertiary/aromatic N) is 2. The van der Waals surface area contributed by atoms with Crippen molar-refractivity contribution in [3.8, 4) is 0 Å². The fourth-order valence-electron chi connectivity index (χ4n) is 2.19. The molecule has 7 nitrogen and oxygen atoms in total. The normalized spacial score (nSPS) is 11.3. The molecule has 26 heavy (non-hydrogen) atoms. The van der Waals surface area contributed by atoms with E-state index in [-0.39, 0.29) is 5.56 Å². The Morgan fingerprint density at radius 1 is 1.19 bits per heavy atom. The van der Waals surface area contributed by atoms with E-state index >= 15 is 0 Å². The predicted octanol–water partition coefficient (Wildman–Crippen LogP) is 1.92. The summed E-state index contributed by atoms with van der Waals surface area (Å²) in [6, 6.07) is 5.88. The van der Waals surface area contributed by atoms with Crippen molar-refractivity contribution in [3.05, 3.63) is 53.0 Å². The maximum atomic E-state index is 13.5. The van der Waals surface area contributed by atoms with E-state index in [1.165, 1.54) is 12.1 Å². The fourth-order valence-corrected chi connectivity index (χ4v) is 2.19. The molecule has 0 radical (unpaired) electrons. The van der Waals surface area contributed by atoms with Gasteiger partial charge in [0.2, 0.25) is 5.89 Å². The van der Waals surface area contributed by atoms with Gasteiger partial charge in [0.15, 0.2) is 5.96 Å². The van der Waals surface area contributed by atoms with Crippen LogP contribution >= 0.6 is 0 Å². The summed E-state index contributed by atoms with van der Waals surface area (Å²) in [5, 5.41) is 8.86. The van der Waals surface area contributed by atoms with Crippen LogP contribution in [-0.4, -0.2) is 36.5 Å². The number of aryl methyl sites for hydroxylation is 2. The molecule has 0 bridgehead atoms. The minimum atomic E-state index is -0.538. The third-order valence-electron chi connectivity index (χ3n) is 3.61. The Hall–Kier alpha value is -2.90. The van der Waals surface area contributed by atoms with Gasteiger partial charge in [-0.3, -0.25) is 4.79 Å². The van der Waals surface area contributed by atoms with Gasteiger partial charge in [-0.15, -0.1) is 0 Å². The summed E-state index contributed by atoms with van der Waals surface area (Å²) in [5.74, 6) is 0.928. The molecule has 0 aliphatic rings. The largest absolute Gasteiger partial charge is 0.444 e. The van der Waals surface area contributed by atoms with Crippen LogP contribution in [0, 0.1) is 19.7 Å². The van der Waals surface area contributed by atoms with Gasteiger partial charge in [-0.25, -0.2) is 14.4 Å². The van der Waals surface area contributed by atoms with E-state index in [0.29, 0.717) is 38.0 Å². The van der Waals surface area contributed by atoms with E-state index in [1.54, 1.807) is 12.1 Å². The molecule has 1 heterocycles. The van der Waals surface area contributed by atoms with Crippen molar-refractivity contribution in [1.82, 2.24) is 20.9 Å². The van der Waals surface area contributed by atoms with Crippen molar-refractivity contribution in [2.75, 3.05) is 19.6 Å². The summed E-state index contributed by atoms with van der Waals surface area (Å²) < 4.78 is 19.0. The molecule has 0 saturated carbocycles. The van der Waals surface area contributed by atoms with Crippen LogP contribution in [0.15, 0.2) is 33.7 Å². The molecule has 1 aromatic heterocycles. The number of rotatable bonds is 7. The fraction of sp³-hybridized carbons (Fsp3) is 0.389. The Kier molecular flexibility index (Phi) is 7.13. The highest BCUT2D eigenvalue weighted by molar-refractivity contribution is 5.94. The van der Waals surface area contributed by atoms with Crippen LogP contribution in [0.3, 0.4) is 0 Å². The van der Waals surface area contributed by atoms with Crippen molar-refractivity contribution < 1.29 is 13.6 Å². The highest BCUT2D eigenvalue weighted by Gasteiger charge is 2.10. The zero-order valence-corrected chi connectivity index (χ0v) is 15.2. The second-order valence-electron chi connectivity index (χ2n) is 5.61. The molecule has 2 rings (SSSR count). The number of guanidine groups is 1. The van der Waals surface area contributed by atoms with Crippen LogP contribution in [-0.2, 0) is 6.54 Å². The van der Waals surface area contributed by atoms with E-state index in [0.717, 1.165) is 11.5 Å². The lowest BCUT2D eigenvalue weighted by Crippen LogP contribution is -2.41. The van der Waals surface area contributed by atoms with E-state index in [1.807, 2.05) is 20.8 Å². The Morgan fingerprint density at radius 2 is 1.92 bits per heavy atom. The topological polar surface area (TPSA) is 91.6 Å². The first-order valence-electron chi connectivity index (χ1n) is 8.49. The summed E-state index contributed by atoms with van der Waals surface area (Å²) in [4.78, 5) is 20.6. The Labute approximate surface area is 152 Å². The summed E-state index contributed by atoms with van der Waals surface area (Å²) in [6.45, 7) is 7.47. The average molecular weight is 361 g/mol. The third-order valence-corrected chi connectivity index (χ3v) is 3.61. The number of benzene rings is 1. The van der Waals surface area contributed by atoms with E-state index in [4.69, 9.17) is 4.42 Å². The van der Waals surface area contributed by atoms with E-state index in [9.17, 15) is 9.18 Å². The first-order valence-corrected chi connectivity index (χ1v) is 8.49. The molecule has 8 heteroatoms. The molecule has 2 aromatic rings. The van der Waals surface area contributed by atoms with Crippen LogP contribution in [0.2, 0.25) is 0 Å². The molecular formula is C18H24FN5O2. The number of hydrogen-bond donors (Lipinski definition) is 3. The third kappa shape index (κ3) is 5.58. The number of nitrogens with one attached hydrogen (secondary N) is 3. The monoisotopic (exact) mass is 361 g/mol. The molecule has 1 aromatic carbocycles. The highest BCUT2D eigenvalue weighted by atomic mass is 19.1. The average Bonchev–Trinajstić information content (AvgIpc) is 2.94. The zero-order valence-electron chi connectivity index (χ0n) is 15.2. The number of hydrogen-bond acceptors (Lipinski definition) is 4. The number of amides is 1. The van der Waals surface area contributed by atoms with Gasteiger partial charge in [0.25, 0.3) is 5.91 Å². The van der Waals surface area contributed by atoms with Gasteiger partial charge in [0.1, 0.15) is 18.1 Å². The molecule has 0 aliphatic heterocycles. The molecule has 0 spiro atoms. The zero-order chi connectivity index (χ0) is 18.9. The van der Waals surface area contributed by atoms with Crippen LogP contribution in [0.25, 0.3) is 0 Å². The van der Waals surface area contributed by atoms with Crippen molar-refractivity contribution >= 4 is 11.9 Å². The van der Waals surface area contributed by atoms with Gasteiger partial charge >= 0.3 is 0 Å². The molecule has 0 saturated heterocycles. The van der Waals surface area contributed by atoms with Crippen molar-refractivity contribution in [2.45, 2.75) is 27.3 Å². The standard InChI is InChI=1S/C18H24FN5O2/c1-4-20-18(23-11-16-24-12(2)13(3)26-16)22-10-9-21-17(25)14-7-5-6-8-15(14)19/h5-8H,4,9-11H2,1-3H3,(H,21,25)(H2,20,22,23). The number of carbonyl (C=O) groups excluding carboxylic acids is 1. The van der Waals surface area contributed by atoms with Gasteiger partial charge in [-0.05, 0) is 32.9 Å². The van der Waals surface area contributed by atoms with Crippen molar-refractivity contribution in [2.24, 2.45) is 4.99 Å². The maximum Gasteiger partial charge on any atom is 0.254 e. The second kappa shape index (κ2) is 9.55. The first kappa shape index (κ1) is 19.4. The molecule has 0 aliphatic carbocycles. The highest BCUT2D eigenvalue weighted by Crippen LogP contribution is 2.09. The number of aliphatic imine (C=N–C) groups is 1. The molecule has 0 fully saturated rings. The van der Waals surface area contributed by atoms with Crippen LogP contribution < -0.4 is 16.0 Å². The number of carbonyl (C=O) groups is 1. The molecule has 0 unspecified atom stereocenters. The van der Waals surface area contributed by atoms with Gasteiger partial charge in [0.05, 0.1) is 11.3 Å². The van der Waals surface area contributed by atoms with Gasteiger partial charge < -0.3 is 20.4 Å². The van der Waals surface area contributed by atoms with Gasteiger partial charge in [-0.2, -0.15) is 0 Å². The summed E-state index contributed by atoms with van der Waals surface area (Å²) >= 11 is 0. The van der Waals surface area contributed by atoms with Crippen molar-refractivity contribution in [3.63, 3.8) is 0 Å². The lowest BCUT2D eigenvalue weighted by Gasteiger charge is -2.11. The van der Waals surface area contributed by atoms with Crippen molar-refractivity contribution in [1.29, 1.82) is 0 Å². The van der Waals surface area contributed by atoms with Crippen LogP contribution in [0.4, 0.5) is 4.39 Å². The number of aromatic nitrogens is 1.